The van der Waals surface area contributed by atoms with E-state index >= 15 is 0 Å². The molecule has 126 valence electrons. The molecule has 0 radical (unpaired) electrons. The molecular weight excluding hydrogens is 302 g/mol. The van der Waals surface area contributed by atoms with E-state index in [0.29, 0.717) is 0 Å². The van der Waals surface area contributed by atoms with Crippen LogP contribution in [0, 0.1) is 10.1 Å². The van der Waals surface area contributed by atoms with E-state index < -0.39 is 28.4 Å². The number of carbonyl (C=O) groups excluding carboxylic acids is 2. The van der Waals surface area contributed by atoms with Crippen molar-refractivity contribution in [3.05, 3.63) is 34.4 Å². The number of hydrogen-bond donors (Lipinski definition) is 2. The van der Waals surface area contributed by atoms with Crippen molar-refractivity contribution in [3.8, 4) is 0 Å². The fraction of sp³-hybridized carbons (Fsp3) is 0.467. The Morgan fingerprint density at radius 2 is 1.96 bits per heavy atom. The zero-order valence-electron chi connectivity index (χ0n) is 13.4. The van der Waals surface area contributed by atoms with Crippen molar-refractivity contribution >= 4 is 23.3 Å². The van der Waals surface area contributed by atoms with Gasteiger partial charge in [-0.2, -0.15) is 0 Å². The summed E-state index contributed by atoms with van der Waals surface area (Å²) in [6, 6.07) is 5.02. The second-order valence-corrected chi connectivity index (χ2v) is 6.01. The molecule has 0 bridgehead atoms. The first kappa shape index (κ1) is 18.4. The normalized spacial score (nSPS) is 12.3. The average molecular weight is 323 g/mol. The van der Waals surface area contributed by atoms with Gasteiger partial charge in [-0.15, -0.1) is 0 Å². The van der Waals surface area contributed by atoms with E-state index in [1.807, 2.05) is 0 Å². The Hall–Kier alpha value is -2.64. The number of anilines is 1. The van der Waals surface area contributed by atoms with Gasteiger partial charge in [-0.3, -0.25) is 14.9 Å². The molecule has 8 nitrogen and oxygen atoms in total. The zero-order valence-corrected chi connectivity index (χ0v) is 13.4. The van der Waals surface area contributed by atoms with Gasteiger partial charge in [0.25, 0.3) is 5.69 Å². The van der Waals surface area contributed by atoms with Crippen molar-refractivity contribution in [1.82, 2.24) is 0 Å². The third-order valence-corrected chi connectivity index (χ3v) is 2.80. The number of primary amides is 1. The molecule has 8 heteroatoms. The van der Waals surface area contributed by atoms with Gasteiger partial charge < -0.3 is 15.8 Å². The smallest absolute Gasteiger partial charge is 0.329 e. The highest BCUT2D eigenvalue weighted by molar-refractivity contribution is 5.82. The molecule has 3 N–H and O–H groups in total. The number of carbonyl (C=O) groups is 2. The number of nitro groups is 1. The molecule has 1 aromatic rings. The summed E-state index contributed by atoms with van der Waals surface area (Å²) in [7, 11) is 0. The minimum Gasteiger partial charge on any atom is -0.458 e. The Kier molecular flexibility index (Phi) is 6.06. The molecule has 1 atom stereocenters. The molecule has 0 fully saturated rings. The Labute approximate surface area is 134 Å². The van der Waals surface area contributed by atoms with Crippen LogP contribution in [0.1, 0.15) is 33.6 Å². The number of benzene rings is 1. The highest BCUT2D eigenvalue weighted by atomic mass is 16.6. The molecule has 0 aliphatic carbocycles. The maximum Gasteiger partial charge on any atom is 0.329 e. The van der Waals surface area contributed by atoms with E-state index in [2.05, 4.69) is 5.32 Å². The fourth-order valence-corrected chi connectivity index (χ4v) is 1.85. The van der Waals surface area contributed by atoms with Crippen molar-refractivity contribution in [2.75, 3.05) is 5.32 Å². The van der Waals surface area contributed by atoms with Gasteiger partial charge in [0.2, 0.25) is 5.91 Å². The fourth-order valence-electron chi connectivity index (χ4n) is 1.85. The molecule has 0 heterocycles. The summed E-state index contributed by atoms with van der Waals surface area (Å²) in [5.41, 5.74) is 4.41. The predicted octanol–water partition coefficient (Wildman–Crippen LogP) is 1.98. The first-order valence-corrected chi connectivity index (χ1v) is 7.11. The highest BCUT2D eigenvalue weighted by Crippen LogP contribution is 2.25. The first-order chi connectivity index (χ1) is 10.6. The number of rotatable bonds is 7. The van der Waals surface area contributed by atoms with Gasteiger partial charge in [-0.05, 0) is 33.3 Å². The summed E-state index contributed by atoms with van der Waals surface area (Å²) in [6.07, 6.45) is 0.0356. The van der Waals surface area contributed by atoms with Gasteiger partial charge in [0, 0.05) is 12.5 Å². The summed E-state index contributed by atoms with van der Waals surface area (Å²) >= 11 is 0. The van der Waals surface area contributed by atoms with Crippen LogP contribution < -0.4 is 11.1 Å². The molecule has 1 amide bonds. The number of nitrogens with zero attached hydrogens (tertiary/aromatic N) is 1. The van der Waals surface area contributed by atoms with Crippen molar-refractivity contribution in [2.45, 2.75) is 45.3 Å². The maximum absolute atomic E-state index is 12.3. The van der Waals surface area contributed by atoms with Gasteiger partial charge >= 0.3 is 5.97 Å². The number of para-hydroxylation sites is 2. The average Bonchev–Trinajstić information content (AvgIpc) is 2.41. The number of amides is 1. The molecule has 0 aliphatic heterocycles. The van der Waals surface area contributed by atoms with E-state index in [1.54, 1.807) is 26.8 Å². The van der Waals surface area contributed by atoms with Crippen LogP contribution >= 0.6 is 0 Å². The molecule has 1 rings (SSSR count). The number of nitro benzene ring substituents is 1. The highest BCUT2D eigenvalue weighted by Gasteiger charge is 2.27. The van der Waals surface area contributed by atoms with Crippen LogP contribution in [0.25, 0.3) is 0 Å². The molecule has 0 saturated heterocycles. The minimum atomic E-state index is -0.914. The van der Waals surface area contributed by atoms with E-state index in [4.69, 9.17) is 10.5 Å². The summed E-state index contributed by atoms with van der Waals surface area (Å²) in [6.45, 7) is 5.13. The molecule has 23 heavy (non-hydrogen) atoms. The second kappa shape index (κ2) is 7.57. The van der Waals surface area contributed by atoms with Gasteiger partial charge in [0.05, 0.1) is 4.92 Å². The lowest BCUT2D eigenvalue weighted by Crippen LogP contribution is -2.37. The molecule has 0 spiro atoms. The third kappa shape index (κ3) is 6.33. The van der Waals surface area contributed by atoms with Crippen molar-refractivity contribution in [3.63, 3.8) is 0 Å². The summed E-state index contributed by atoms with van der Waals surface area (Å²) in [4.78, 5) is 33.7. The van der Waals surface area contributed by atoms with Gasteiger partial charge in [-0.1, -0.05) is 12.1 Å². The lowest BCUT2D eigenvalue weighted by Gasteiger charge is -2.24. The summed E-state index contributed by atoms with van der Waals surface area (Å²) < 4.78 is 5.28. The van der Waals surface area contributed by atoms with Crippen LogP contribution in [0.2, 0.25) is 0 Å². The van der Waals surface area contributed by atoms with Crippen LogP contribution in [-0.2, 0) is 14.3 Å². The van der Waals surface area contributed by atoms with Crippen LogP contribution in [0.15, 0.2) is 24.3 Å². The second-order valence-electron chi connectivity index (χ2n) is 6.01. The van der Waals surface area contributed by atoms with Crippen LogP contribution in [0.4, 0.5) is 11.4 Å². The first-order valence-electron chi connectivity index (χ1n) is 7.11. The number of nitrogens with two attached hydrogens (primary N) is 1. The maximum atomic E-state index is 12.3. The Balaban J connectivity index is 2.99. The van der Waals surface area contributed by atoms with Crippen molar-refractivity contribution < 1.29 is 19.2 Å². The zero-order chi connectivity index (χ0) is 17.6. The largest absolute Gasteiger partial charge is 0.458 e. The molecular formula is C15H21N3O5. The van der Waals surface area contributed by atoms with Crippen molar-refractivity contribution in [2.24, 2.45) is 5.73 Å². The van der Waals surface area contributed by atoms with E-state index in [1.165, 1.54) is 18.2 Å². The summed E-state index contributed by atoms with van der Waals surface area (Å²) in [5.74, 6) is -1.17. The Morgan fingerprint density at radius 3 is 2.48 bits per heavy atom. The van der Waals surface area contributed by atoms with Crippen LogP contribution in [-0.4, -0.2) is 28.4 Å². The quantitative estimate of drug-likeness (QED) is 0.449. The number of hydrogen-bond acceptors (Lipinski definition) is 6. The lowest BCUT2D eigenvalue weighted by molar-refractivity contribution is -0.384. The monoisotopic (exact) mass is 323 g/mol. The predicted molar refractivity (Wildman–Crippen MR) is 84.8 cm³/mol. The molecule has 0 saturated carbocycles. The Morgan fingerprint density at radius 1 is 1.35 bits per heavy atom. The van der Waals surface area contributed by atoms with Gasteiger partial charge in [-0.25, -0.2) is 4.79 Å². The van der Waals surface area contributed by atoms with Crippen molar-refractivity contribution in [1.29, 1.82) is 0 Å². The van der Waals surface area contributed by atoms with Gasteiger partial charge in [0.15, 0.2) is 0 Å². The van der Waals surface area contributed by atoms with E-state index in [0.717, 1.165) is 0 Å². The SMILES string of the molecule is CC(C)(C)OC(=O)C(CCC(N)=O)Nc1ccccc1[N+](=O)[O-]. The standard InChI is InChI=1S/C15H21N3O5/c1-15(2,3)23-14(20)11(8-9-13(16)19)17-10-6-4-5-7-12(10)18(21)22/h4-7,11,17H,8-9H2,1-3H3,(H2,16,19). The minimum absolute atomic E-state index is 0.0441. The number of nitrogens with one attached hydrogen (secondary N) is 1. The van der Waals surface area contributed by atoms with Crippen LogP contribution in [0.5, 0.6) is 0 Å². The lowest BCUT2D eigenvalue weighted by atomic mass is 10.1. The third-order valence-electron chi connectivity index (χ3n) is 2.80. The molecule has 1 aromatic carbocycles. The van der Waals surface area contributed by atoms with Crippen LogP contribution in [0.3, 0.4) is 0 Å². The van der Waals surface area contributed by atoms with E-state index in [-0.39, 0.29) is 24.2 Å². The molecule has 0 aliphatic rings. The molecule has 0 aromatic heterocycles. The topological polar surface area (TPSA) is 125 Å². The Bertz CT molecular complexity index is 595. The summed E-state index contributed by atoms with van der Waals surface area (Å²) in [5, 5.41) is 13.8. The molecule has 1 unspecified atom stereocenters. The number of ether oxygens (including phenoxy) is 1. The number of esters is 1. The van der Waals surface area contributed by atoms with Gasteiger partial charge in [0.1, 0.15) is 17.3 Å². The van der Waals surface area contributed by atoms with E-state index in [9.17, 15) is 19.7 Å².